The first-order valence-electron chi connectivity index (χ1n) is 20.1. The van der Waals surface area contributed by atoms with E-state index in [9.17, 15) is 9.59 Å². The number of nitrogens with zero attached hydrogens (tertiary/aromatic N) is 1. The van der Waals surface area contributed by atoms with Gasteiger partial charge in [0.15, 0.2) is 16.6 Å². The maximum Gasteiger partial charge on any atom is 0.408 e. The minimum Gasteiger partial charge on any atom is -0.445 e. The fraction of sp³-hybridized carbons (Fsp3) is 0.533. The Morgan fingerprint density at radius 1 is 0.702 bits per heavy atom. The van der Waals surface area contributed by atoms with Gasteiger partial charge in [-0.25, -0.2) is 4.79 Å². The van der Waals surface area contributed by atoms with Gasteiger partial charge in [0.1, 0.15) is 25.0 Å². The van der Waals surface area contributed by atoms with Crippen molar-refractivity contribution < 1.29 is 32.4 Å². The van der Waals surface area contributed by atoms with Crippen molar-refractivity contribution in [2.75, 3.05) is 13.7 Å². The summed E-state index contributed by atoms with van der Waals surface area (Å²) in [7, 11) is -6.46. The summed E-state index contributed by atoms with van der Waals surface area (Å²) in [5, 5.41) is 4.25. The normalized spacial score (nSPS) is 15.2. The van der Waals surface area contributed by atoms with Gasteiger partial charge in [-0.2, -0.15) is 0 Å². The standard InChI is InChI=1S/C45H70N2O7Si3/c1-34(53-55(12,13)43(2,3)4)40(46-42(50)51-32-35-25-19-16-20-26-35)41(49)47(11)38(39(31-48)54-56(14,15)44(5,6)7)33-52-57(45(8,9)10,36-27-21-17-22-28-36)37-29-23-18-24-30-37/h16-31,34,38-40H,32-33H2,1-15H3,(H,46,50)/t34-,38-,39+,40+/m1/s1. The second-order valence-corrected chi connectivity index (χ2v) is 33.1. The zero-order valence-electron chi connectivity index (χ0n) is 37.3. The van der Waals surface area contributed by atoms with Gasteiger partial charge >= 0.3 is 6.09 Å². The fourth-order valence-electron chi connectivity index (χ4n) is 6.48. The molecule has 9 nitrogen and oxygen atoms in total. The van der Waals surface area contributed by atoms with Crippen LogP contribution in [0.25, 0.3) is 0 Å². The van der Waals surface area contributed by atoms with Crippen LogP contribution < -0.4 is 15.7 Å². The summed E-state index contributed by atoms with van der Waals surface area (Å²) in [6, 6.07) is 27.9. The lowest BCUT2D eigenvalue weighted by Gasteiger charge is -2.46. The Hall–Kier alpha value is -3.40. The van der Waals surface area contributed by atoms with Crippen LogP contribution >= 0.6 is 0 Å². The van der Waals surface area contributed by atoms with Gasteiger partial charge in [0.05, 0.1) is 18.8 Å². The first-order valence-corrected chi connectivity index (χ1v) is 27.8. The van der Waals surface area contributed by atoms with E-state index in [-0.39, 0.29) is 28.3 Å². The number of amides is 2. The Kier molecular flexibility index (Phi) is 16.1. The van der Waals surface area contributed by atoms with Crippen LogP contribution in [0.1, 0.15) is 74.8 Å². The number of alkyl carbamates (subject to hydrolysis) is 1. The van der Waals surface area contributed by atoms with Crippen molar-refractivity contribution in [3.05, 3.63) is 96.6 Å². The number of likely N-dealkylation sites (N-methyl/N-ethyl adjacent to an activating group) is 1. The molecule has 0 saturated carbocycles. The summed E-state index contributed by atoms with van der Waals surface area (Å²) in [5.74, 6) is -0.445. The first-order chi connectivity index (χ1) is 26.3. The van der Waals surface area contributed by atoms with Gasteiger partial charge in [-0.15, -0.1) is 0 Å². The molecule has 3 rings (SSSR count). The van der Waals surface area contributed by atoms with E-state index in [1.165, 1.54) is 4.90 Å². The quantitative estimate of drug-likeness (QED) is 0.107. The van der Waals surface area contributed by atoms with Crippen molar-refractivity contribution in [3.8, 4) is 0 Å². The number of aldehydes is 1. The summed E-state index contributed by atoms with van der Waals surface area (Å²) in [6.45, 7) is 29.5. The molecule has 0 aliphatic heterocycles. The molecule has 0 aromatic heterocycles. The number of rotatable bonds is 17. The van der Waals surface area contributed by atoms with E-state index in [0.717, 1.165) is 22.2 Å². The maximum atomic E-state index is 15.1. The van der Waals surface area contributed by atoms with Crippen LogP contribution in [0, 0.1) is 0 Å². The minimum absolute atomic E-state index is 0.00377. The molecule has 0 bridgehead atoms. The molecule has 3 aromatic rings. The van der Waals surface area contributed by atoms with E-state index in [2.05, 4.69) is 118 Å². The van der Waals surface area contributed by atoms with E-state index in [4.69, 9.17) is 18.0 Å². The second kappa shape index (κ2) is 19.1. The molecule has 12 heteroatoms. The number of carbonyl (C=O) groups excluding carboxylic acids is 3. The SMILES string of the molecule is C[C@@H](O[Si](C)(C)C(C)(C)C)[C@H](NC(=O)OCc1ccccc1)C(=O)N(C)[C@H](CO[Si](c1ccccc1)(c1ccccc1)C(C)(C)C)[C@H](C=O)O[Si](C)(C)C(C)(C)C. The second-order valence-electron chi connectivity index (χ2n) is 19.2. The van der Waals surface area contributed by atoms with Gasteiger partial charge in [0.2, 0.25) is 5.91 Å². The predicted octanol–water partition coefficient (Wildman–Crippen LogP) is 8.68. The lowest BCUT2D eigenvalue weighted by molar-refractivity contribution is -0.140. The third kappa shape index (κ3) is 11.9. The fourth-order valence-corrected chi connectivity index (χ4v) is 13.7. The maximum absolute atomic E-state index is 15.1. The Labute approximate surface area is 346 Å². The Morgan fingerprint density at radius 2 is 1.14 bits per heavy atom. The van der Waals surface area contributed by atoms with E-state index in [0.29, 0.717) is 0 Å². The molecule has 0 radical (unpaired) electrons. The van der Waals surface area contributed by atoms with E-state index in [1.807, 2.05) is 73.7 Å². The van der Waals surface area contributed by atoms with Gasteiger partial charge in [0, 0.05) is 7.05 Å². The van der Waals surface area contributed by atoms with Crippen molar-refractivity contribution in [1.82, 2.24) is 10.2 Å². The molecule has 0 aliphatic rings. The summed E-state index contributed by atoms with van der Waals surface area (Å²) < 4.78 is 26.7. The molecule has 0 aliphatic carbocycles. The topological polar surface area (TPSA) is 103 Å². The molecule has 3 aromatic carbocycles. The van der Waals surface area contributed by atoms with Crippen LogP contribution in [-0.4, -0.2) is 86.1 Å². The molecular formula is C45H70N2O7Si3. The average Bonchev–Trinajstić information content (AvgIpc) is 3.13. The first kappa shape index (κ1) is 48.0. The minimum atomic E-state index is -3.12. The summed E-state index contributed by atoms with van der Waals surface area (Å²) in [5.41, 5.74) is 0.815. The van der Waals surface area contributed by atoms with Gasteiger partial charge in [0.25, 0.3) is 8.32 Å². The molecule has 0 fully saturated rings. The van der Waals surface area contributed by atoms with Crippen molar-refractivity contribution in [1.29, 1.82) is 0 Å². The van der Waals surface area contributed by atoms with E-state index in [1.54, 1.807) is 7.05 Å². The zero-order valence-corrected chi connectivity index (χ0v) is 40.3. The highest BCUT2D eigenvalue weighted by atomic mass is 28.4. The van der Waals surface area contributed by atoms with E-state index >= 15 is 4.79 Å². The molecule has 1 N–H and O–H groups in total. The molecular weight excluding hydrogens is 765 g/mol. The smallest absolute Gasteiger partial charge is 0.408 e. The Morgan fingerprint density at radius 3 is 1.56 bits per heavy atom. The van der Waals surface area contributed by atoms with Crippen molar-refractivity contribution >= 4 is 53.6 Å². The van der Waals surface area contributed by atoms with Gasteiger partial charge in [-0.05, 0) is 64.2 Å². The molecule has 4 atom stereocenters. The number of carbonyl (C=O) groups is 3. The summed E-state index contributed by atoms with van der Waals surface area (Å²) in [6.07, 6.45) is -1.71. The lowest BCUT2D eigenvalue weighted by Crippen LogP contribution is -2.68. The highest BCUT2D eigenvalue weighted by molar-refractivity contribution is 6.99. The monoisotopic (exact) mass is 834 g/mol. The molecule has 0 unspecified atom stereocenters. The number of hydrogen-bond acceptors (Lipinski definition) is 7. The van der Waals surface area contributed by atoms with Crippen LogP contribution in [-0.2, 0) is 34.2 Å². The Bertz CT molecular complexity index is 1700. The molecule has 0 saturated heterocycles. The molecule has 0 heterocycles. The average molecular weight is 835 g/mol. The molecule has 314 valence electrons. The number of benzene rings is 3. The summed E-state index contributed by atoms with van der Waals surface area (Å²) in [4.78, 5) is 43.5. The van der Waals surface area contributed by atoms with Gasteiger partial charge < -0.3 is 33.0 Å². The number of ether oxygens (including phenoxy) is 1. The van der Waals surface area contributed by atoms with Crippen LogP contribution in [0.15, 0.2) is 91.0 Å². The molecule has 57 heavy (non-hydrogen) atoms. The highest BCUT2D eigenvalue weighted by Crippen LogP contribution is 2.40. The largest absolute Gasteiger partial charge is 0.445 e. The third-order valence-electron chi connectivity index (χ3n) is 12.0. The lowest BCUT2D eigenvalue weighted by atomic mass is 10.1. The zero-order chi connectivity index (χ0) is 43.0. The van der Waals surface area contributed by atoms with Crippen LogP contribution in [0.5, 0.6) is 0 Å². The van der Waals surface area contributed by atoms with Crippen molar-refractivity contribution in [3.63, 3.8) is 0 Å². The van der Waals surface area contributed by atoms with Gasteiger partial charge in [-0.3, -0.25) is 4.79 Å². The highest BCUT2D eigenvalue weighted by Gasteiger charge is 2.52. The number of nitrogens with one attached hydrogen (secondary N) is 1. The van der Waals surface area contributed by atoms with Crippen LogP contribution in [0.4, 0.5) is 4.79 Å². The predicted molar refractivity (Wildman–Crippen MR) is 240 cm³/mol. The molecule has 0 spiro atoms. The number of hydrogen-bond donors (Lipinski definition) is 1. The molecule has 2 amide bonds. The Balaban J connectivity index is 2.17. The van der Waals surface area contributed by atoms with E-state index < -0.39 is 61.2 Å². The third-order valence-corrected chi connectivity index (χ3v) is 26.0. The van der Waals surface area contributed by atoms with Crippen LogP contribution in [0.3, 0.4) is 0 Å². The van der Waals surface area contributed by atoms with Crippen molar-refractivity contribution in [2.24, 2.45) is 0 Å². The summed E-state index contributed by atoms with van der Waals surface area (Å²) >= 11 is 0. The van der Waals surface area contributed by atoms with Crippen molar-refractivity contribution in [2.45, 2.75) is 141 Å². The van der Waals surface area contributed by atoms with Gasteiger partial charge in [-0.1, -0.05) is 153 Å². The van der Waals surface area contributed by atoms with Crippen LogP contribution in [0.2, 0.25) is 41.3 Å².